The summed E-state index contributed by atoms with van der Waals surface area (Å²) in [6, 6.07) is 3.77. The number of rotatable bonds is 6. The molecule has 0 saturated carbocycles. The molecule has 3 nitrogen and oxygen atoms in total. The van der Waals surface area contributed by atoms with E-state index in [2.05, 4.69) is 13.8 Å². The van der Waals surface area contributed by atoms with E-state index in [0.29, 0.717) is 5.02 Å². The summed E-state index contributed by atoms with van der Waals surface area (Å²) in [6.07, 6.45) is 0. The molecule has 0 spiro atoms. The summed E-state index contributed by atoms with van der Waals surface area (Å²) in [7, 11) is 1.49. The van der Waals surface area contributed by atoms with Gasteiger partial charge in [0.15, 0.2) is 5.78 Å². The summed E-state index contributed by atoms with van der Waals surface area (Å²) in [5.74, 6) is 0.923. The van der Waals surface area contributed by atoms with Crippen molar-refractivity contribution in [3.8, 4) is 5.75 Å². The summed E-state index contributed by atoms with van der Waals surface area (Å²) in [5, 5.41) is 0.717. The van der Waals surface area contributed by atoms with Crippen molar-refractivity contribution in [2.75, 3.05) is 20.3 Å². The Hall–Kier alpha value is -1.06. The van der Waals surface area contributed by atoms with Crippen LogP contribution in [0.25, 0.3) is 0 Å². The molecule has 18 heavy (non-hydrogen) atoms. The molecule has 0 saturated heterocycles. The van der Waals surface area contributed by atoms with Gasteiger partial charge in [-0.2, -0.15) is 0 Å². The van der Waals surface area contributed by atoms with E-state index in [4.69, 9.17) is 21.1 Å². The zero-order chi connectivity index (χ0) is 13.7. The molecule has 0 aliphatic heterocycles. The molecule has 1 aromatic rings. The van der Waals surface area contributed by atoms with Crippen LogP contribution in [0, 0.1) is 6.92 Å². The minimum Gasteiger partial charge on any atom is -0.485 e. The largest absolute Gasteiger partial charge is 0.485 e. The maximum Gasteiger partial charge on any atom is 0.195 e. The van der Waals surface area contributed by atoms with Crippen molar-refractivity contribution < 1.29 is 14.3 Å². The number of ketones is 1. The minimum atomic E-state index is -0.0835. The predicted molar refractivity (Wildman–Crippen MR) is 72.7 cm³/mol. The Labute approximate surface area is 113 Å². The van der Waals surface area contributed by atoms with Crippen LogP contribution in [0.3, 0.4) is 0 Å². The van der Waals surface area contributed by atoms with Gasteiger partial charge in [0.1, 0.15) is 19.0 Å². The molecule has 0 N–H and O–H groups in total. The lowest BCUT2D eigenvalue weighted by Gasteiger charge is -2.15. The van der Waals surface area contributed by atoms with Gasteiger partial charge in [0.05, 0.1) is 0 Å². The molecule has 1 rings (SSSR count). The first-order chi connectivity index (χ1) is 8.45. The van der Waals surface area contributed by atoms with Gasteiger partial charge in [0, 0.05) is 12.1 Å². The number of carbonyl (C=O) groups is 1. The van der Waals surface area contributed by atoms with E-state index in [9.17, 15) is 4.79 Å². The Bertz CT molecular complexity index is 427. The molecule has 0 radical (unpaired) electrons. The maximum absolute atomic E-state index is 11.4. The summed E-state index contributed by atoms with van der Waals surface area (Å²) in [6.45, 7) is 6.13. The number of hydrogen-bond donors (Lipinski definition) is 0. The molecule has 4 heteroatoms. The van der Waals surface area contributed by atoms with E-state index in [1.54, 1.807) is 0 Å². The average molecular weight is 271 g/mol. The van der Waals surface area contributed by atoms with Crippen molar-refractivity contribution in [1.82, 2.24) is 0 Å². The van der Waals surface area contributed by atoms with Crippen molar-refractivity contribution in [3.05, 3.63) is 28.3 Å². The highest BCUT2D eigenvalue weighted by atomic mass is 35.5. The Balaban J connectivity index is 2.86. The Morgan fingerprint density at radius 2 is 2.00 bits per heavy atom. The van der Waals surface area contributed by atoms with Gasteiger partial charge in [0.25, 0.3) is 0 Å². The number of carbonyl (C=O) groups excluding carboxylic acids is 1. The molecule has 0 fully saturated rings. The van der Waals surface area contributed by atoms with Crippen LogP contribution in [-0.4, -0.2) is 26.1 Å². The standard InChI is InChI=1S/C14H19ClO3/c1-9(2)12-6-13(15)10(3)5-14(12)18-8-11(16)7-17-4/h5-6,9H,7-8H2,1-4H3. The summed E-state index contributed by atoms with van der Waals surface area (Å²) < 4.78 is 10.3. The first-order valence-electron chi connectivity index (χ1n) is 5.89. The predicted octanol–water partition coefficient (Wildman–Crippen LogP) is 3.37. The van der Waals surface area contributed by atoms with Crippen LogP contribution >= 0.6 is 11.6 Å². The van der Waals surface area contributed by atoms with Gasteiger partial charge in [-0.25, -0.2) is 0 Å². The highest BCUT2D eigenvalue weighted by molar-refractivity contribution is 6.31. The number of methoxy groups -OCH3 is 1. The number of ether oxygens (including phenoxy) is 2. The normalized spacial score (nSPS) is 10.8. The molecule has 0 unspecified atom stereocenters. The van der Waals surface area contributed by atoms with Crippen LogP contribution < -0.4 is 4.74 Å². The summed E-state index contributed by atoms with van der Waals surface area (Å²) in [5.41, 5.74) is 1.95. The smallest absolute Gasteiger partial charge is 0.195 e. The second-order valence-electron chi connectivity index (χ2n) is 4.55. The molecular weight excluding hydrogens is 252 g/mol. The number of benzene rings is 1. The second kappa shape index (κ2) is 6.76. The van der Waals surface area contributed by atoms with Crippen LogP contribution in [-0.2, 0) is 9.53 Å². The van der Waals surface area contributed by atoms with E-state index in [0.717, 1.165) is 16.9 Å². The Morgan fingerprint density at radius 1 is 1.33 bits per heavy atom. The molecule has 0 heterocycles. The number of halogens is 1. The van der Waals surface area contributed by atoms with Crippen molar-refractivity contribution in [2.24, 2.45) is 0 Å². The van der Waals surface area contributed by atoms with Crippen LogP contribution in [0.2, 0.25) is 5.02 Å². The first kappa shape index (κ1) is 15.0. The molecule has 1 aromatic carbocycles. The van der Waals surface area contributed by atoms with E-state index < -0.39 is 0 Å². The lowest BCUT2D eigenvalue weighted by Crippen LogP contribution is -2.17. The second-order valence-corrected chi connectivity index (χ2v) is 4.96. The zero-order valence-electron chi connectivity index (χ0n) is 11.2. The molecule has 0 bridgehead atoms. The van der Waals surface area contributed by atoms with E-state index in [-0.39, 0.29) is 24.9 Å². The van der Waals surface area contributed by atoms with Gasteiger partial charge in [-0.3, -0.25) is 4.79 Å². The van der Waals surface area contributed by atoms with Crippen LogP contribution in [0.4, 0.5) is 0 Å². The molecule has 0 amide bonds. The fourth-order valence-corrected chi connectivity index (χ4v) is 1.78. The molecule has 100 valence electrons. The third-order valence-corrected chi connectivity index (χ3v) is 3.01. The zero-order valence-corrected chi connectivity index (χ0v) is 12.0. The van der Waals surface area contributed by atoms with E-state index in [1.807, 2.05) is 19.1 Å². The summed E-state index contributed by atoms with van der Waals surface area (Å²) >= 11 is 6.10. The molecule has 0 aliphatic carbocycles. The lowest BCUT2D eigenvalue weighted by atomic mass is 10.0. The van der Waals surface area contributed by atoms with Crippen LogP contribution in [0.15, 0.2) is 12.1 Å². The number of hydrogen-bond acceptors (Lipinski definition) is 3. The highest BCUT2D eigenvalue weighted by Crippen LogP contribution is 2.31. The van der Waals surface area contributed by atoms with Crippen molar-refractivity contribution in [3.63, 3.8) is 0 Å². The third kappa shape index (κ3) is 4.00. The molecular formula is C14H19ClO3. The van der Waals surface area contributed by atoms with Gasteiger partial charge in [-0.05, 0) is 36.1 Å². The van der Waals surface area contributed by atoms with Gasteiger partial charge in [0.2, 0.25) is 0 Å². The minimum absolute atomic E-state index is 0.0225. The monoisotopic (exact) mass is 270 g/mol. The van der Waals surface area contributed by atoms with Gasteiger partial charge in [-0.1, -0.05) is 25.4 Å². The maximum atomic E-state index is 11.4. The highest BCUT2D eigenvalue weighted by Gasteiger charge is 2.12. The van der Waals surface area contributed by atoms with E-state index >= 15 is 0 Å². The first-order valence-corrected chi connectivity index (χ1v) is 6.27. The number of aryl methyl sites for hydroxylation is 1. The van der Waals surface area contributed by atoms with E-state index in [1.165, 1.54) is 7.11 Å². The Kier molecular flexibility index (Phi) is 5.63. The van der Waals surface area contributed by atoms with Crippen molar-refractivity contribution >= 4 is 17.4 Å². The molecule has 0 aromatic heterocycles. The van der Waals surface area contributed by atoms with Gasteiger partial charge in [-0.15, -0.1) is 0 Å². The number of Topliss-reactive ketones (excluding diaryl/α,β-unsaturated/α-hetero) is 1. The SMILES string of the molecule is COCC(=O)COc1cc(C)c(Cl)cc1C(C)C. The van der Waals surface area contributed by atoms with Crippen LogP contribution in [0.5, 0.6) is 5.75 Å². The van der Waals surface area contributed by atoms with Gasteiger partial charge >= 0.3 is 0 Å². The molecule has 0 atom stereocenters. The van der Waals surface area contributed by atoms with Crippen molar-refractivity contribution in [1.29, 1.82) is 0 Å². The fraction of sp³-hybridized carbons (Fsp3) is 0.500. The third-order valence-electron chi connectivity index (χ3n) is 2.61. The average Bonchev–Trinajstić information content (AvgIpc) is 2.30. The quantitative estimate of drug-likeness (QED) is 0.795. The van der Waals surface area contributed by atoms with Crippen molar-refractivity contribution in [2.45, 2.75) is 26.7 Å². The topological polar surface area (TPSA) is 35.5 Å². The molecule has 0 aliphatic rings. The Morgan fingerprint density at radius 3 is 2.56 bits per heavy atom. The summed E-state index contributed by atoms with van der Waals surface area (Å²) in [4.78, 5) is 11.4. The van der Waals surface area contributed by atoms with Crippen LogP contribution in [0.1, 0.15) is 30.9 Å². The van der Waals surface area contributed by atoms with Gasteiger partial charge < -0.3 is 9.47 Å². The fourth-order valence-electron chi connectivity index (χ4n) is 1.61. The lowest BCUT2D eigenvalue weighted by molar-refractivity contribution is -0.124.